The van der Waals surface area contributed by atoms with E-state index in [9.17, 15) is 5.11 Å². The molecular weight excluding hydrogens is 346 g/mol. The van der Waals surface area contributed by atoms with Gasteiger partial charge >= 0.3 is 0 Å². The highest BCUT2D eigenvalue weighted by Gasteiger charge is 2.41. The van der Waals surface area contributed by atoms with Gasteiger partial charge in [0.05, 0.1) is 12.2 Å². The average Bonchev–Trinajstić information content (AvgIpc) is 2.84. The Hall–Kier alpha value is -1.68. The molecule has 3 heteroatoms. The summed E-state index contributed by atoms with van der Waals surface area (Å²) in [6.07, 6.45) is 4.93. The number of aliphatic hydroxyl groups is 1. The molecule has 0 unspecified atom stereocenters. The standard InChI is InChI=1S/C25H35NO2/c1-20-12-14-22(15-13-20)24-11-6-9-21-8-4-5-10-23(21)25(24,27)16-7-17-26(2)18-19-28-3/h4-5,8,10,12-15,24,27H,6-7,9,11,16-19H2,1-3H3/t24-,25-/m1/s1. The van der Waals surface area contributed by atoms with Gasteiger partial charge in [0.1, 0.15) is 0 Å². The molecule has 2 aromatic carbocycles. The molecule has 1 aliphatic rings. The number of hydrogen-bond donors (Lipinski definition) is 1. The van der Waals surface area contributed by atoms with Crippen molar-refractivity contribution in [2.45, 2.75) is 50.5 Å². The molecule has 28 heavy (non-hydrogen) atoms. The van der Waals surface area contributed by atoms with Gasteiger partial charge in [-0.15, -0.1) is 0 Å². The molecule has 2 atom stereocenters. The third-order valence-electron chi connectivity index (χ3n) is 6.25. The van der Waals surface area contributed by atoms with Crippen LogP contribution in [0, 0.1) is 6.92 Å². The Morgan fingerprint density at radius 2 is 1.86 bits per heavy atom. The summed E-state index contributed by atoms with van der Waals surface area (Å²) >= 11 is 0. The fraction of sp³-hybridized carbons (Fsp3) is 0.520. The summed E-state index contributed by atoms with van der Waals surface area (Å²) in [5, 5.41) is 12.1. The lowest BCUT2D eigenvalue weighted by atomic mass is 9.73. The minimum Gasteiger partial charge on any atom is -0.385 e. The Balaban J connectivity index is 1.86. The first kappa shape index (κ1) is 21.0. The summed E-state index contributed by atoms with van der Waals surface area (Å²) in [6, 6.07) is 17.3. The third-order valence-corrected chi connectivity index (χ3v) is 6.25. The second kappa shape index (κ2) is 9.69. The van der Waals surface area contributed by atoms with Gasteiger partial charge in [-0.05, 0) is 69.3 Å². The number of fused-ring (bicyclic) bond motifs is 1. The summed E-state index contributed by atoms with van der Waals surface area (Å²) in [6.45, 7) is 4.76. The maximum absolute atomic E-state index is 12.1. The lowest BCUT2D eigenvalue weighted by Gasteiger charge is -2.37. The van der Waals surface area contributed by atoms with E-state index in [-0.39, 0.29) is 5.92 Å². The van der Waals surface area contributed by atoms with Gasteiger partial charge in [-0.25, -0.2) is 0 Å². The molecule has 1 aliphatic carbocycles. The van der Waals surface area contributed by atoms with E-state index >= 15 is 0 Å². The highest BCUT2D eigenvalue weighted by molar-refractivity contribution is 5.39. The van der Waals surface area contributed by atoms with Gasteiger partial charge in [0.2, 0.25) is 0 Å². The number of aryl methyl sites for hydroxylation is 2. The van der Waals surface area contributed by atoms with Crippen LogP contribution in [0.4, 0.5) is 0 Å². The van der Waals surface area contributed by atoms with Crippen LogP contribution in [-0.2, 0) is 16.8 Å². The van der Waals surface area contributed by atoms with E-state index in [0.717, 1.165) is 57.4 Å². The van der Waals surface area contributed by atoms with Crippen LogP contribution in [0.15, 0.2) is 48.5 Å². The number of likely N-dealkylation sites (N-methyl/N-ethyl adjacent to an activating group) is 1. The average molecular weight is 382 g/mol. The molecule has 152 valence electrons. The SMILES string of the molecule is COCCN(C)CCC[C@@]1(O)c2ccccc2CCC[C@@H]1c1ccc(C)cc1. The molecule has 0 bridgehead atoms. The quantitative estimate of drug-likeness (QED) is 0.675. The van der Waals surface area contributed by atoms with Gasteiger partial charge in [0, 0.05) is 19.6 Å². The zero-order valence-electron chi connectivity index (χ0n) is 17.7. The van der Waals surface area contributed by atoms with Gasteiger partial charge in [-0.3, -0.25) is 0 Å². The van der Waals surface area contributed by atoms with E-state index in [0.29, 0.717) is 0 Å². The molecule has 0 saturated heterocycles. The van der Waals surface area contributed by atoms with Crippen molar-refractivity contribution in [2.24, 2.45) is 0 Å². The van der Waals surface area contributed by atoms with Crippen molar-refractivity contribution < 1.29 is 9.84 Å². The second-order valence-corrected chi connectivity index (χ2v) is 8.34. The summed E-state index contributed by atoms with van der Waals surface area (Å²) in [5.41, 5.74) is 4.16. The van der Waals surface area contributed by atoms with E-state index in [2.05, 4.69) is 67.4 Å². The number of rotatable bonds is 8. The Morgan fingerprint density at radius 3 is 2.61 bits per heavy atom. The molecular formula is C25H35NO2. The molecule has 0 spiro atoms. The summed E-state index contributed by atoms with van der Waals surface area (Å²) in [5.74, 6) is 0.140. The predicted octanol–water partition coefficient (Wildman–Crippen LogP) is 4.66. The zero-order valence-corrected chi connectivity index (χ0v) is 17.7. The third kappa shape index (κ3) is 4.83. The molecule has 0 amide bonds. The predicted molar refractivity (Wildman–Crippen MR) is 116 cm³/mol. The first-order valence-corrected chi connectivity index (χ1v) is 10.6. The fourth-order valence-electron chi connectivity index (χ4n) is 4.61. The van der Waals surface area contributed by atoms with Crippen LogP contribution >= 0.6 is 0 Å². The maximum Gasteiger partial charge on any atom is 0.0967 e. The van der Waals surface area contributed by atoms with Gasteiger partial charge in [-0.1, -0.05) is 54.1 Å². The van der Waals surface area contributed by atoms with Gasteiger partial charge in [0.15, 0.2) is 0 Å². The minimum atomic E-state index is -0.815. The fourth-order valence-corrected chi connectivity index (χ4v) is 4.61. The molecule has 0 fully saturated rings. The van der Waals surface area contributed by atoms with Gasteiger partial charge in [0.25, 0.3) is 0 Å². The lowest BCUT2D eigenvalue weighted by Crippen LogP contribution is -2.35. The first-order chi connectivity index (χ1) is 13.5. The lowest BCUT2D eigenvalue weighted by molar-refractivity contribution is -0.00672. The number of benzene rings is 2. The van der Waals surface area contributed by atoms with Crippen molar-refractivity contribution in [1.29, 1.82) is 0 Å². The minimum absolute atomic E-state index is 0.140. The Labute approximate surface area is 170 Å². The number of ether oxygens (including phenoxy) is 1. The largest absolute Gasteiger partial charge is 0.385 e. The first-order valence-electron chi connectivity index (χ1n) is 10.6. The van der Waals surface area contributed by atoms with Crippen molar-refractivity contribution in [3.8, 4) is 0 Å². The van der Waals surface area contributed by atoms with Crippen LogP contribution < -0.4 is 0 Å². The van der Waals surface area contributed by atoms with E-state index in [4.69, 9.17) is 4.74 Å². The number of hydrogen-bond acceptors (Lipinski definition) is 3. The van der Waals surface area contributed by atoms with E-state index in [1.807, 2.05) is 0 Å². The molecule has 2 aromatic rings. The van der Waals surface area contributed by atoms with Crippen LogP contribution in [0.1, 0.15) is 53.9 Å². The smallest absolute Gasteiger partial charge is 0.0967 e. The molecule has 0 aromatic heterocycles. The highest BCUT2D eigenvalue weighted by Crippen LogP contribution is 2.47. The van der Waals surface area contributed by atoms with E-state index < -0.39 is 5.60 Å². The topological polar surface area (TPSA) is 32.7 Å². The Morgan fingerprint density at radius 1 is 1.11 bits per heavy atom. The Kier molecular flexibility index (Phi) is 7.28. The maximum atomic E-state index is 12.1. The number of nitrogens with zero attached hydrogens (tertiary/aromatic N) is 1. The van der Waals surface area contributed by atoms with Gasteiger partial charge < -0.3 is 14.7 Å². The van der Waals surface area contributed by atoms with E-state index in [1.165, 1.54) is 16.7 Å². The van der Waals surface area contributed by atoms with Crippen LogP contribution in [0.2, 0.25) is 0 Å². The van der Waals surface area contributed by atoms with Crippen molar-refractivity contribution in [1.82, 2.24) is 4.90 Å². The van der Waals surface area contributed by atoms with Crippen LogP contribution in [-0.4, -0.2) is 43.9 Å². The molecule has 3 nitrogen and oxygen atoms in total. The molecule has 3 rings (SSSR count). The molecule has 0 saturated carbocycles. The zero-order chi connectivity index (χ0) is 20.0. The molecule has 1 N–H and O–H groups in total. The summed E-state index contributed by atoms with van der Waals surface area (Å²) in [7, 11) is 3.87. The Bertz CT molecular complexity index is 742. The highest BCUT2D eigenvalue weighted by atomic mass is 16.5. The molecule has 0 heterocycles. The normalized spacial score (nSPS) is 22.1. The molecule has 0 radical (unpaired) electrons. The molecule has 0 aliphatic heterocycles. The van der Waals surface area contributed by atoms with Crippen LogP contribution in [0.5, 0.6) is 0 Å². The second-order valence-electron chi connectivity index (χ2n) is 8.34. The summed E-state index contributed by atoms with van der Waals surface area (Å²) < 4.78 is 5.19. The van der Waals surface area contributed by atoms with Crippen LogP contribution in [0.3, 0.4) is 0 Å². The van der Waals surface area contributed by atoms with Crippen molar-refractivity contribution in [3.05, 3.63) is 70.8 Å². The van der Waals surface area contributed by atoms with Crippen molar-refractivity contribution in [2.75, 3.05) is 33.9 Å². The van der Waals surface area contributed by atoms with Crippen LogP contribution in [0.25, 0.3) is 0 Å². The number of methoxy groups -OCH3 is 1. The van der Waals surface area contributed by atoms with Gasteiger partial charge in [-0.2, -0.15) is 0 Å². The monoisotopic (exact) mass is 381 g/mol. The van der Waals surface area contributed by atoms with E-state index in [1.54, 1.807) is 7.11 Å². The summed E-state index contributed by atoms with van der Waals surface area (Å²) in [4.78, 5) is 2.29. The van der Waals surface area contributed by atoms with Crippen molar-refractivity contribution >= 4 is 0 Å². The van der Waals surface area contributed by atoms with Crippen molar-refractivity contribution in [3.63, 3.8) is 0 Å².